The van der Waals surface area contributed by atoms with Gasteiger partial charge in [-0.3, -0.25) is 9.20 Å². The van der Waals surface area contributed by atoms with Crippen LogP contribution < -0.4 is 10.1 Å². The Morgan fingerprint density at radius 2 is 1.85 bits per heavy atom. The molecule has 2 aliphatic carbocycles. The summed E-state index contributed by atoms with van der Waals surface area (Å²) < 4.78 is 56.8. The summed E-state index contributed by atoms with van der Waals surface area (Å²) in [4.78, 5) is 27.5. The van der Waals surface area contributed by atoms with Crippen LogP contribution in [0, 0.1) is 17.7 Å². The Labute approximate surface area is 150 Å². The van der Waals surface area contributed by atoms with Crippen LogP contribution in [0.1, 0.15) is 36.3 Å². The van der Waals surface area contributed by atoms with Crippen molar-refractivity contribution >= 4 is 17.4 Å². The van der Waals surface area contributed by atoms with E-state index in [0.29, 0.717) is 11.8 Å². The maximum absolute atomic E-state index is 14.1. The molecule has 2 fully saturated rings. The van der Waals surface area contributed by atoms with Gasteiger partial charge >= 0.3 is 12.1 Å². The first-order valence-electron chi connectivity index (χ1n) is 8.52. The highest BCUT2D eigenvalue weighted by molar-refractivity contribution is 5.93. The topological polar surface area (TPSA) is 72.7 Å². The fourth-order valence-electron chi connectivity index (χ4n) is 3.19. The van der Waals surface area contributed by atoms with Gasteiger partial charge in [0.2, 0.25) is 5.82 Å². The van der Waals surface area contributed by atoms with Gasteiger partial charge in [0.1, 0.15) is 5.52 Å². The van der Waals surface area contributed by atoms with Crippen molar-refractivity contribution in [3.63, 3.8) is 0 Å². The van der Waals surface area contributed by atoms with Crippen LogP contribution in [-0.2, 0) is 4.79 Å². The van der Waals surface area contributed by atoms with Gasteiger partial charge < -0.3 is 10.1 Å². The molecule has 1 N–H and O–H groups in total. The van der Waals surface area contributed by atoms with E-state index in [4.69, 9.17) is 0 Å². The third kappa shape index (κ3) is 3.47. The summed E-state index contributed by atoms with van der Waals surface area (Å²) in [7, 11) is 0. The highest BCUT2D eigenvalue weighted by atomic mass is 19.4. The molecule has 2 heterocycles. The van der Waals surface area contributed by atoms with E-state index in [1.165, 1.54) is 12.3 Å². The summed E-state index contributed by atoms with van der Waals surface area (Å²) in [5, 5.41) is 2.86. The lowest BCUT2D eigenvalue weighted by Crippen LogP contribution is -2.39. The Bertz CT molecular complexity index is 904. The zero-order chi connectivity index (χ0) is 19.3. The fraction of sp³-hybridized carbons (Fsp3) is 0.471. The molecular formula is C17H15F4N3O3. The molecule has 6 nitrogen and oxygen atoms in total. The predicted molar refractivity (Wildman–Crippen MR) is 83.5 cm³/mol. The Hall–Kier alpha value is -2.65. The molecule has 144 valence electrons. The molecule has 2 aliphatic rings. The molecule has 0 aromatic carbocycles. The molecule has 27 heavy (non-hydrogen) atoms. The molecule has 0 radical (unpaired) electrons. The van der Waals surface area contributed by atoms with Gasteiger partial charge in [-0.25, -0.2) is 9.18 Å². The highest BCUT2D eigenvalue weighted by Crippen LogP contribution is 2.44. The second kappa shape index (κ2) is 6.21. The number of esters is 1. The Morgan fingerprint density at radius 3 is 2.41 bits per heavy atom. The van der Waals surface area contributed by atoms with Crippen LogP contribution in [0.3, 0.4) is 0 Å². The molecular weight excluding hydrogens is 370 g/mol. The second-order valence-electron chi connectivity index (χ2n) is 6.88. The van der Waals surface area contributed by atoms with E-state index in [9.17, 15) is 27.2 Å². The van der Waals surface area contributed by atoms with Gasteiger partial charge in [-0.05, 0) is 49.7 Å². The number of hydrogen-bond acceptors (Lipinski definition) is 4. The third-order valence-electron chi connectivity index (χ3n) is 4.76. The highest BCUT2D eigenvalue weighted by Gasteiger charge is 2.44. The summed E-state index contributed by atoms with van der Waals surface area (Å²) in [5.74, 6) is -4.61. The Morgan fingerprint density at radius 1 is 1.22 bits per heavy atom. The third-order valence-corrected chi connectivity index (χ3v) is 4.76. The normalized spacial score (nSPS) is 17.4. The van der Waals surface area contributed by atoms with Gasteiger partial charge in [0.25, 0.3) is 11.8 Å². The van der Waals surface area contributed by atoms with Crippen molar-refractivity contribution in [2.24, 2.45) is 11.8 Å². The average molecular weight is 385 g/mol. The minimum atomic E-state index is -5.27. The lowest BCUT2D eigenvalue weighted by Gasteiger charge is -2.16. The molecule has 4 rings (SSSR count). The molecule has 10 heteroatoms. The molecule has 1 amide bonds. The number of ether oxygens (including phenoxy) is 1. The Kier molecular flexibility index (Phi) is 4.08. The first kappa shape index (κ1) is 17.7. The van der Waals surface area contributed by atoms with Crippen LogP contribution in [0.25, 0.3) is 5.52 Å². The van der Waals surface area contributed by atoms with Crippen molar-refractivity contribution in [1.29, 1.82) is 0 Å². The molecule has 0 aliphatic heterocycles. The van der Waals surface area contributed by atoms with E-state index in [1.54, 1.807) is 0 Å². The number of aromatic nitrogens is 2. The second-order valence-corrected chi connectivity index (χ2v) is 6.88. The van der Waals surface area contributed by atoms with Crippen LogP contribution in [0.15, 0.2) is 18.3 Å². The van der Waals surface area contributed by atoms with Crippen molar-refractivity contribution in [3.05, 3.63) is 30.0 Å². The molecule has 2 saturated carbocycles. The van der Waals surface area contributed by atoms with E-state index in [-0.39, 0.29) is 11.9 Å². The zero-order valence-electron chi connectivity index (χ0n) is 13.9. The first-order chi connectivity index (χ1) is 12.8. The molecule has 0 atom stereocenters. The fourth-order valence-corrected chi connectivity index (χ4v) is 3.19. The van der Waals surface area contributed by atoms with Crippen LogP contribution in [-0.4, -0.2) is 33.5 Å². The van der Waals surface area contributed by atoms with E-state index < -0.39 is 35.3 Å². The van der Waals surface area contributed by atoms with Gasteiger partial charge in [0.05, 0.1) is 0 Å². The molecule has 0 spiro atoms. The smallest absolute Gasteiger partial charge is 0.398 e. The lowest BCUT2D eigenvalue weighted by molar-refractivity contribution is -0.189. The van der Waals surface area contributed by atoms with Gasteiger partial charge in [0, 0.05) is 12.2 Å². The standard InChI is InChI=1S/C17H15F4N3O3/c18-10-2-1-7-24-12(10)15(27-16(26)17(19,20)21)23-13(24)14(25)22-11(8-3-4-8)9-5-6-9/h1-2,7-9,11H,3-6H2,(H,22,25). The van der Waals surface area contributed by atoms with Crippen LogP contribution in [0.4, 0.5) is 17.6 Å². The number of carbonyl (C=O) groups excluding carboxylic acids is 2. The zero-order valence-corrected chi connectivity index (χ0v) is 13.9. The molecule has 2 aromatic heterocycles. The molecule has 0 saturated heterocycles. The predicted octanol–water partition coefficient (Wildman–Crippen LogP) is 2.86. The number of hydrogen-bond donors (Lipinski definition) is 1. The number of fused-ring (bicyclic) bond motifs is 1. The molecule has 0 unspecified atom stereocenters. The number of imidazole rings is 1. The summed E-state index contributed by atoms with van der Waals surface area (Å²) in [5.41, 5.74) is -0.505. The summed E-state index contributed by atoms with van der Waals surface area (Å²) in [6.07, 6.45) is 0.0283. The van der Waals surface area contributed by atoms with Crippen molar-refractivity contribution < 1.29 is 31.9 Å². The molecule has 0 bridgehead atoms. The Balaban J connectivity index is 1.67. The summed E-state index contributed by atoms with van der Waals surface area (Å²) in [6, 6.07) is 2.22. The average Bonchev–Trinajstić information content (AvgIpc) is 3.50. The van der Waals surface area contributed by atoms with Crippen molar-refractivity contribution in [2.75, 3.05) is 0 Å². The van der Waals surface area contributed by atoms with Crippen molar-refractivity contribution in [1.82, 2.24) is 14.7 Å². The number of pyridine rings is 1. The van der Waals surface area contributed by atoms with E-state index >= 15 is 0 Å². The van der Waals surface area contributed by atoms with E-state index in [2.05, 4.69) is 15.0 Å². The summed E-state index contributed by atoms with van der Waals surface area (Å²) in [6.45, 7) is 0. The van der Waals surface area contributed by atoms with Gasteiger partial charge in [0.15, 0.2) is 5.82 Å². The largest absolute Gasteiger partial charge is 0.491 e. The number of nitrogens with one attached hydrogen (secondary N) is 1. The number of nitrogens with zero attached hydrogens (tertiary/aromatic N) is 2. The maximum Gasteiger partial charge on any atom is 0.491 e. The van der Waals surface area contributed by atoms with E-state index in [0.717, 1.165) is 36.2 Å². The van der Waals surface area contributed by atoms with Gasteiger partial charge in [-0.15, -0.1) is 0 Å². The van der Waals surface area contributed by atoms with Crippen LogP contribution >= 0.6 is 0 Å². The first-order valence-corrected chi connectivity index (χ1v) is 8.52. The monoisotopic (exact) mass is 385 g/mol. The molecule has 2 aromatic rings. The van der Waals surface area contributed by atoms with Crippen molar-refractivity contribution in [3.8, 4) is 5.88 Å². The minimum absolute atomic E-state index is 0.0282. The number of carbonyl (C=O) groups is 2. The SMILES string of the molecule is O=C(NC(C1CC1)C1CC1)c1nc(OC(=O)C(F)(F)F)c2c(F)cccn12. The quantitative estimate of drug-likeness (QED) is 0.635. The lowest BCUT2D eigenvalue weighted by atomic mass is 10.1. The van der Waals surface area contributed by atoms with Crippen LogP contribution in [0.2, 0.25) is 0 Å². The number of halogens is 4. The number of amides is 1. The summed E-state index contributed by atoms with van der Waals surface area (Å²) >= 11 is 0. The van der Waals surface area contributed by atoms with Crippen molar-refractivity contribution in [2.45, 2.75) is 37.9 Å². The van der Waals surface area contributed by atoms with E-state index in [1.807, 2.05) is 0 Å². The minimum Gasteiger partial charge on any atom is -0.398 e. The number of alkyl halides is 3. The van der Waals surface area contributed by atoms with Gasteiger partial charge in [-0.1, -0.05) is 0 Å². The number of rotatable bonds is 5. The van der Waals surface area contributed by atoms with Crippen LogP contribution in [0.5, 0.6) is 5.88 Å². The maximum atomic E-state index is 14.1. The van der Waals surface area contributed by atoms with Gasteiger partial charge in [-0.2, -0.15) is 18.2 Å².